The molecule has 3 aromatic heterocycles. The highest BCUT2D eigenvalue weighted by molar-refractivity contribution is 5.89. The van der Waals surface area contributed by atoms with Crippen molar-refractivity contribution in [2.45, 2.75) is 45.3 Å². The first-order chi connectivity index (χ1) is 15.2. The zero-order valence-corrected chi connectivity index (χ0v) is 17.9. The van der Waals surface area contributed by atoms with Crippen LogP contribution in [0.15, 0.2) is 30.6 Å². The molecule has 10 heteroatoms. The fourth-order valence-electron chi connectivity index (χ4n) is 3.99. The van der Waals surface area contributed by atoms with Crippen molar-refractivity contribution in [2.75, 3.05) is 18.0 Å². The van der Waals surface area contributed by atoms with Gasteiger partial charge in [-0.05, 0) is 43.4 Å². The van der Waals surface area contributed by atoms with Crippen molar-refractivity contribution in [3.05, 3.63) is 47.4 Å². The summed E-state index contributed by atoms with van der Waals surface area (Å²) in [6.45, 7) is 5.28. The summed E-state index contributed by atoms with van der Waals surface area (Å²) in [5, 5.41) is 10.4. The van der Waals surface area contributed by atoms with Crippen LogP contribution in [0.5, 0.6) is 0 Å². The number of rotatable bonds is 5. The van der Waals surface area contributed by atoms with Crippen LogP contribution in [0.1, 0.15) is 49.4 Å². The summed E-state index contributed by atoms with van der Waals surface area (Å²) in [4.78, 5) is 22.9. The molecule has 0 saturated carbocycles. The van der Waals surface area contributed by atoms with E-state index in [4.69, 9.17) is 0 Å². The number of amides is 1. The Balaban J connectivity index is 1.54. The molecule has 0 bridgehead atoms. The van der Waals surface area contributed by atoms with E-state index in [0.717, 1.165) is 29.9 Å². The minimum Gasteiger partial charge on any atom is -0.356 e. The number of piperidine rings is 1. The number of H-pyrrole nitrogens is 1. The van der Waals surface area contributed by atoms with Gasteiger partial charge in [0.15, 0.2) is 5.65 Å². The van der Waals surface area contributed by atoms with E-state index in [1.165, 1.54) is 6.07 Å². The van der Waals surface area contributed by atoms with Crippen LogP contribution in [-0.2, 0) is 17.5 Å². The number of hydrogen-bond acceptors (Lipinski definition) is 5. The van der Waals surface area contributed by atoms with Crippen LogP contribution >= 0.6 is 0 Å². The van der Waals surface area contributed by atoms with Crippen LogP contribution in [0.25, 0.3) is 11.0 Å². The molecule has 1 fully saturated rings. The van der Waals surface area contributed by atoms with E-state index in [9.17, 15) is 18.0 Å². The first-order valence-electron chi connectivity index (χ1n) is 10.6. The first-order valence-corrected chi connectivity index (χ1v) is 10.6. The Labute approximate surface area is 183 Å². The number of alkyl halides is 3. The molecule has 1 atom stereocenters. The van der Waals surface area contributed by atoms with E-state index in [1.807, 2.05) is 4.90 Å². The van der Waals surface area contributed by atoms with Crippen LogP contribution in [0, 0.1) is 5.92 Å². The van der Waals surface area contributed by atoms with Crippen molar-refractivity contribution < 1.29 is 18.0 Å². The lowest BCUT2D eigenvalue weighted by atomic mass is 9.98. The number of carbonyl (C=O) groups is 1. The monoisotopic (exact) mass is 446 g/mol. The number of pyridine rings is 2. The number of aromatic nitrogens is 4. The molecule has 0 radical (unpaired) electrons. The molecule has 1 aliphatic rings. The number of aromatic amines is 1. The molecule has 32 heavy (non-hydrogen) atoms. The minimum atomic E-state index is -4.52. The third-order valence-corrected chi connectivity index (χ3v) is 6.03. The average molecular weight is 446 g/mol. The number of halogens is 3. The summed E-state index contributed by atoms with van der Waals surface area (Å²) in [5.41, 5.74) is 1.01. The van der Waals surface area contributed by atoms with Crippen molar-refractivity contribution in [3.63, 3.8) is 0 Å². The van der Waals surface area contributed by atoms with Gasteiger partial charge in [-0.3, -0.25) is 9.89 Å². The molecule has 0 aliphatic carbocycles. The van der Waals surface area contributed by atoms with E-state index < -0.39 is 17.8 Å². The van der Waals surface area contributed by atoms with Crippen molar-refractivity contribution in [1.29, 1.82) is 0 Å². The Morgan fingerprint density at radius 1 is 1.28 bits per heavy atom. The van der Waals surface area contributed by atoms with Gasteiger partial charge in [-0.15, -0.1) is 0 Å². The second-order valence-electron chi connectivity index (χ2n) is 8.32. The van der Waals surface area contributed by atoms with Gasteiger partial charge in [0, 0.05) is 36.8 Å². The third kappa shape index (κ3) is 4.53. The molecular formula is C22H25F3N6O. The van der Waals surface area contributed by atoms with Crippen LogP contribution in [0.4, 0.5) is 19.0 Å². The topological polar surface area (TPSA) is 86.8 Å². The molecule has 1 amide bonds. The second kappa shape index (κ2) is 8.76. The molecular weight excluding hydrogens is 421 g/mol. The zero-order valence-electron chi connectivity index (χ0n) is 17.9. The van der Waals surface area contributed by atoms with E-state index in [1.54, 1.807) is 25.4 Å². The number of carbonyl (C=O) groups excluding carboxylic acids is 1. The lowest BCUT2D eigenvalue weighted by Gasteiger charge is -2.33. The molecule has 4 heterocycles. The van der Waals surface area contributed by atoms with Crippen molar-refractivity contribution in [2.24, 2.45) is 5.92 Å². The average Bonchev–Trinajstić information content (AvgIpc) is 3.26. The van der Waals surface area contributed by atoms with Crippen LogP contribution < -0.4 is 10.2 Å². The summed E-state index contributed by atoms with van der Waals surface area (Å²) in [6.07, 6.45) is 0.490. The quantitative estimate of drug-likeness (QED) is 0.618. The molecule has 1 unspecified atom stereocenters. The molecule has 1 saturated heterocycles. The van der Waals surface area contributed by atoms with Gasteiger partial charge in [0.25, 0.3) is 0 Å². The molecule has 3 aromatic rings. The zero-order chi connectivity index (χ0) is 22.9. The van der Waals surface area contributed by atoms with E-state index in [2.05, 4.69) is 32.4 Å². The summed E-state index contributed by atoms with van der Waals surface area (Å²) in [5.74, 6) is 0.0959. The molecule has 0 spiro atoms. The molecule has 4 rings (SSSR count). The Hall–Kier alpha value is -3.17. The molecule has 2 N–H and O–H groups in total. The van der Waals surface area contributed by atoms with Gasteiger partial charge in [0.1, 0.15) is 11.5 Å². The Bertz CT molecular complexity index is 1100. The highest BCUT2D eigenvalue weighted by atomic mass is 19.4. The van der Waals surface area contributed by atoms with Gasteiger partial charge < -0.3 is 10.2 Å². The Morgan fingerprint density at radius 3 is 2.75 bits per heavy atom. The molecule has 0 aromatic carbocycles. The van der Waals surface area contributed by atoms with Gasteiger partial charge >= 0.3 is 6.18 Å². The Morgan fingerprint density at radius 2 is 2.03 bits per heavy atom. The first kappa shape index (κ1) is 22.0. The number of anilines is 1. The van der Waals surface area contributed by atoms with Crippen molar-refractivity contribution >= 4 is 22.8 Å². The lowest BCUT2D eigenvalue weighted by Crippen LogP contribution is -2.35. The minimum absolute atomic E-state index is 0.0926. The lowest BCUT2D eigenvalue weighted by molar-refractivity contribution is -0.141. The summed E-state index contributed by atoms with van der Waals surface area (Å²) in [6, 6.07) is 4.15. The van der Waals surface area contributed by atoms with Gasteiger partial charge in [0.2, 0.25) is 5.91 Å². The largest absolute Gasteiger partial charge is 0.433 e. The van der Waals surface area contributed by atoms with Gasteiger partial charge in [0.05, 0.1) is 12.1 Å². The standard InChI is InChI=1S/C22H25F3N6O/c1-13-6-9-31(10-7-13)20-15(3-4-18(29-20)22(23,24)25)11-27-21(32)14(2)16-5-8-26-19-17(16)12-28-30-19/h3-5,8,12-14H,6-7,9-11H2,1-2H3,(H,27,32)(H,26,28,30). The fraction of sp³-hybridized carbons (Fsp3) is 0.455. The van der Waals surface area contributed by atoms with Crippen LogP contribution in [0.3, 0.4) is 0 Å². The van der Waals surface area contributed by atoms with Crippen LogP contribution in [-0.4, -0.2) is 39.2 Å². The SMILES string of the molecule is CC1CCN(c2nc(C(F)(F)F)ccc2CNC(=O)C(C)c2ccnc3[nH]ncc23)CC1. The number of nitrogens with zero attached hydrogens (tertiary/aromatic N) is 4. The summed E-state index contributed by atoms with van der Waals surface area (Å²) < 4.78 is 39.8. The maximum absolute atomic E-state index is 13.3. The van der Waals surface area contributed by atoms with Crippen molar-refractivity contribution in [1.82, 2.24) is 25.5 Å². The summed E-state index contributed by atoms with van der Waals surface area (Å²) in [7, 11) is 0. The fourth-order valence-corrected chi connectivity index (χ4v) is 3.99. The smallest absolute Gasteiger partial charge is 0.356 e. The van der Waals surface area contributed by atoms with Gasteiger partial charge in [-0.2, -0.15) is 18.3 Å². The predicted octanol–water partition coefficient (Wildman–Crippen LogP) is 4.03. The van der Waals surface area contributed by atoms with Crippen LogP contribution in [0.2, 0.25) is 0 Å². The highest BCUT2D eigenvalue weighted by Gasteiger charge is 2.34. The van der Waals surface area contributed by atoms with Crippen molar-refractivity contribution in [3.8, 4) is 0 Å². The Kier molecular flexibility index (Phi) is 6.03. The number of nitrogens with one attached hydrogen (secondary N) is 2. The predicted molar refractivity (Wildman–Crippen MR) is 114 cm³/mol. The maximum Gasteiger partial charge on any atom is 0.433 e. The van der Waals surface area contributed by atoms with E-state index in [-0.39, 0.29) is 12.5 Å². The number of hydrogen-bond donors (Lipinski definition) is 2. The second-order valence-corrected chi connectivity index (χ2v) is 8.32. The van der Waals surface area contributed by atoms with Gasteiger partial charge in [-0.25, -0.2) is 9.97 Å². The molecule has 7 nitrogen and oxygen atoms in total. The van der Waals surface area contributed by atoms with Gasteiger partial charge in [-0.1, -0.05) is 13.0 Å². The maximum atomic E-state index is 13.3. The highest BCUT2D eigenvalue weighted by Crippen LogP contribution is 2.32. The molecule has 170 valence electrons. The molecule has 1 aliphatic heterocycles. The van der Waals surface area contributed by atoms with E-state index >= 15 is 0 Å². The number of fused-ring (bicyclic) bond motifs is 1. The van der Waals surface area contributed by atoms with E-state index in [0.29, 0.717) is 36.0 Å². The summed E-state index contributed by atoms with van der Waals surface area (Å²) >= 11 is 0. The normalized spacial score (nSPS) is 16.3. The third-order valence-electron chi connectivity index (χ3n) is 6.03.